The number of hydrogen-bond donors (Lipinski definition) is 0. The maximum atomic E-state index is 12.9. The summed E-state index contributed by atoms with van der Waals surface area (Å²) in [5.74, 6) is 1.54. The van der Waals surface area contributed by atoms with E-state index in [1.54, 1.807) is 22.2 Å². The zero-order chi connectivity index (χ0) is 17.4. The highest BCUT2D eigenvalue weighted by atomic mass is 32.1. The predicted molar refractivity (Wildman–Crippen MR) is 102 cm³/mol. The van der Waals surface area contributed by atoms with Crippen LogP contribution in [0.4, 0.5) is 0 Å². The van der Waals surface area contributed by atoms with Gasteiger partial charge in [0, 0.05) is 4.88 Å². The van der Waals surface area contributed by atoms with Gasteiger partial charge in [-0.25, -0.2) is 4.98 Å². The average Bonchev–Trinajstić information content (AvgIpc) is 2.95. The van der Waals surface area contributed by atoms with Crippen molar-refractivity contribution in [2.24, 2.45) is 5.92 Å². The van der Waals surface area contributed by atoms with Gasteiger partial charge in [0.1, 0.15) is 17.2 Å². The highest BCUT2D eigenvalue weighted by Crippen LogP contribution is 2.35. The standard InChI is InChI=1S/C20H22N2O2S/c1-13-4-3-5-15(10-13)24-9-8-22-12-21-19-18(20(22)23)16-7-6-14(2)11-17(16)25-19/h3-5,10,12,14H,6-9,11H2,1-2H3/t14-/m1/s1. The average molecular weight is 354 g/mol. The van der Waals surface area contributed by atoms with Crippen LogP contribution in [0.1, 0.15) is 29.3 Å². The summed E-state index contributed by atoms with van der Waals surface area (Å²) in [7, 11) is 0. The molecule has 1 aliphatic carbocycles. The predicted octanol–water partition coefficient (Wildman–Crippen LogP) is 3.97. The van der Waals surface area contributed by atoms with Crippen LogP contribution in [0.25, 0.3) is 10.2 Å². The van der Waals surface area contributed by atoms with Crippen molar-refractivity contribution in [3.63, 3.8) is 0 Å². The number of ether oxygens (including phenoxy) is 1. The molecular weight excluding hydrogens is 332 g/mol. The molecule has 5 heteroatoms. The minimum Gasteiger partial charge on any atom is -0.492 e. The van der Waals surface area contributed by atoms with Gasteiger partial charge < -0.3 is 4.74 Å². The highest BCUT2D eigenvalue weighted by molar-refractivity contribution is 7.18. The van der Waals surface area contributed by atoms with Crippen LogP contribution >= 0.6 is 11.3 Å². The summed E-state index contributed by atoms with van der Waals surface area (Å²) in [5, 5.41) is 0.838. The van der Waals surface area contributed by atoms with E-state index in [-0.39, 0.29) is 5.56 Å². The number of benzene rings is 1. The maximum absolute atomic E-state index is 12.9. The largest absolute Gasteiger partial charge is 0.492 e. The lowest BCUT2D eigenvalue weighted by Crippen LogP contribution is -2.24. The van der Waals surface area contributed by atoms with Gasteiger partial charge >= 0.3 is 0 Å². The summed E-state index contributed by atoms with van der Waals surface area (Å²) in [5.41, 5.74) is 2.48. The van der Waals surface area contributed by atoms with Crippen molar-refractivity contribution < 1.29 is 4.74 Å². The van der Waals surface area contributed by atoms with E-state index >= 15 is 0 Å². The molecule has 0 unspecified atom stereocenters. The van der Waals surface area contributed by atoms with Crippen molar-refractivity contribution in [3.8, 4) is 5.75 Å². The molecule has 0 saturated carbocycles. The summed E-state index contributed by atoms with van der Waals surface area (Å²) in [6, 6.07) is 7.95. The zero-order valence-electron chi connectivity index (χ0n) is 14.6. The van der Waals surface area contributed by atoms with Crippen LogP contribution in [0.5, 0.6) is 5.75 Å². The minimum atomic E-state index is 0.0740. The first-order valence-corrected chi connectivity index (χ1v) is 9.62. The molecule has 4 rings (SSSR count). The lowest BCUT2D eigenvalue weighted by atomic mass is 9.89. The number of fused-ring (bicyclic) bond motifs is 3. The van der Waals surface area contributed by atoms with Gasteiger partial charge in [-0.1, -0.05) is 19.1 Å². The molecule has 0 radical (unpaired) electrons. The highest BCUT2D eigenvalue weighted by Gasteiger charge is 2.23. The van der Waals surface area contributed by atoms with Gasteiger partial charge in [0.2, 0.25) is 0 Å². The second-order valence-electron chi connectivity index (χ2n) is 6.94. The Labute approximate surface area is 151 Å². The van der Waals surface area contributed by atoms with Gasteiger partial charge in [-0.15, -0.1) is 11.3 Å². The SMILES string of the molecule is Cc1cccc(OCCn2cnc3sc4c(c3c2=O)CC[C@@H](C)C4)c1. The lowest BCUT2D eigenvalue weighted by molar-refractivity contribution is 0.296. The Morgan fingerprint density at radius 2 is 2.28 bits per heavy atom. The Kier molecular flexibility index (Phi) is 4.34. The summed E-state index contributed by atoms with van der Waals surface area (Å²) >= 11 is 1.69. The molecule has 1 atom stereocenters. The van der Waals surface area contributed by atoms with Crippen molar-refractivity contribution in [1.82, 2.24) is 9.55 Å². The van der Waals surface area contributed by atoms with Gasteiger partial charge in [-0.05, 0) is 55.4 Å². The van der Waals surface area contributed by atoms with Crippen LogP contribution < -0.4 is 10.3 Å². The van der Waals surface area contributed by atoms with E-state index in [2.05, 4.69) is 11.9 Å². The molecule has 3 aromatic rings. The number of rotatable bonds is 4. The molecule has 0 bridgehead atoms. The fourth-order valence-electron chi connectivity index (χ4n) is 3.49. The van der Waals surface area contributed by atoms with E-state index in [0.717, 1.165) is 40.8 Å². The first-order valence-electron chi connectivity index (χ1n) is 8.81. The third-order valence-electron chi connectivity index (χ3n) is 4.87. The zero-order valence-corrected chi connectivity index (χ0v) is 15.4. The van der Waals surface area contributed by atoms with Crippen LogP contribution in [0, 0.1) is 12.8 Å². The lowest BCUT2D eigenvalue weighted by Gasteiger charge is -2.17. The summed E-state index contributed by atoms with van der Waals surface area (Å²) in [6.45, 7) is 5.29. The Morgan fingerprint density at radius 1 is 1.40 bits per heavy atom. The van der Waals surface area contributed by atoms with Crippen LogP contribution in [-0.4, -0.2) is 16.2 Å². The smallest absolute Gasteiger partial charge is 0.262 e. The van der Waals surface area contributed by atoms with Gasteiger partial charge in [-0.2, -0.15) is 0 Å². The summed E-state index contributed by atoms with van der Waals surface area (Å²) < 4.78 is 7.46. The Hall–Kier alpha value is -2.14. The molecule has 0 aliphatic heterocycles. The van der Waals surface area contributed by atoms with E-state index in [1.807, 2.05) is 31.2 Å². The van der Waals surface area contributed by atoms with Crippen LogP contribution in [0.2, 0.25) is 0 Å². The molecule has 1 aliphatic rings. The fourth-order valence-corrected chi connectivity index (χ4v) is 4.83. The van der Waals surface area contributed by atoms with Crippen LogP contribution in [0.3, 0.4) is 0 Å². The number of aryl methyl sites for hydroxylation is 2. The second kappa shape index (κ2) is 6.64. The van der Waals surface area contributed by atoms with E-state index in [1.165, 1.54) is 10.4 Å². The van der Waals surface area contributed by atoms with E-state index in [9.17, 15) is 4.79 Å². The van der Waals surface area contributed by atoms with Gasteiger partial charge in [0.05, 0.1) is 18.3 Å². The van der Waals surface area contributed by atoms with Gasteiger partial charge in [0.25, 0.3) is 5.56 Å². The van der Waals surface area contributed by atoms with Crippen molar-refractivity contribution in [3.05, 3.63) is 57.0 Å². The minimum absolute atomic E-state index is 0.0740. The molecule has 130 valence electrons. The molecule has 0 spiro atoms. The molecule has 0 N–H and O–H groups in total. The Balaban J connectivity index is 1.56. The molecule has 2 heterocycles. The fraction of sp³-hybridized carbons (Fsp3) is 0.400. The first kappa shape index (κ1) is 16.3. The van der Waals surface area contributed by atoms with Crippen LogP contribution in [-0.2, 0) is 19.4 Å². The normalized spacial score (nSPS) is 16.8. The third kappa shape index (κ3) is 3.21. The number of thiophene rings is 1. The molecule has 25 heavy (non-hydrogen) atoms. The first-order chi connectivity index (χ1) is 12.1. The van der Waals surface area contributed by atoms with Crippen molar-refractivity contribution in [1.29, 1.82) is 0 Å². The topological polar surface area (TPSA) is 44.1 Å². The molecular formula is C20H22N2O2S. The van der Waals surface area contributed by atoms with E-state index in [0.29, 0.717) is 19.1 Å². The van der Waals surface area contributed by atoms with Gasteiger partial charge in [-0.3, -0.25) is 9.36 Å². The number of hydrogen-bond acceptors (Lipinski definition) is 4. The molecule has 4 nitrogen and oxygen atoms in total. The van der Waals surface area contributed by atoms with E-state index in [4.69, 9.17) is 4.74 Å². The monoisotopic (exact) mass is 354 g/mol. The molecule has 1 aromatic carbocycles. The number of aromatic nitrogens is 2. The van der Waals surface area contributed by atoms with Crippen molar-refractivity contribution >= 4 is 21.6 Å². The van der Waals surface area contributed by atoms with Crippen molar-refractivity contribution in [2.45, 2.75) is 39.7 Å². The Bertz CT molecular complexity index is 973. The van der Waals surface area contributed by atoms with Gasteiger partial charge in [0.15, 0.2) is 0 Å². The Morgan fingerprint density at radius 3 is 3.12 bits per heavy atom. The van der Waals surface area contributed by atoms with Crippen molar-refractivity contribution in [2.75, 3.05) is 6.61 Å². The van der Waals surface area contributed by atoms with Crippen LogP contribution in [0.15, 0.2) is 35.4 Å². The number of nitrogens with zero attached hydrogens (tertiary/aromatic N) is 2. The molecule has 0 saturated heterocycles. The quantitative estimate of drug-likeness (QED) is 0.712. The maximum Gasteiger partial charge on any atom is 0.262 e. The third-order valence-corrected chi connectivity index (χ3v) is 6.04. The summed E-state index contributed by atoms with van der Waals surface area (Å²) in [4.78, 5) is 19.7. The summed E-state index contributed by atoms with van der Waals surface area (Å²) in [6.07, 6.45) is 4.89. The molecule has 0 fully saturated rings. The second-order valence-corrected chi connectivity index (χ2v) is 8.02. The van der Waals surface area contributed by atoms with E-state index < -0.39 is 0 Å². The molecule has 2 aromatic heterocycles. The molecule has 0 amide bonds.